The lowest BCUT2D eigenvalue weighted by molar-refractivity contribution is -0.149. The number of nitrogens with two attached hydrogens (primary N) is 2. The van der Waals surface area contributed by atoms with Crippen LogP contribution in [0.4, 0.5) is 5.95 Å². The average molecular weight is 594 g/mol. The van der Waals surface area contributed by atoms with Gasteiger partial charge in [0.2, 0.25) is 5.95 Å². The van der Waals surface area contributed by atoms with Gasteiger partial charge in [-0.2, -0.15) is 10.1 Å². The highest BCUT2D eigenvalue weighted by molar-refractivity contribution is 7.52. The predicted octanol–water partition coefficient (Wildman–Crippen LogP) is 1.70. The van der Waals surface area contributed by atoms with Gasteiger partial charge in [-0.3, -0.25) is 13.9 Å². The van der Waals surface area contributed by atoms with Gasteiger partial charge in [0, 0.05) is 5.38 Å². The van der Waals surface area contributed by atoms with E-state index in [0.29, 0.717) is 5.52 Å². The molecular formula is C24H29ClN7O7P. The third kappa shape index (κ3) is 6.37. The van der Waals surface area contributed by atoms with Crippen molar-refractivity contribution in [2.45, 2.75) is 56.9 Å². The van der Waals surface area contributed by atoms with E-state index in [1.54, 1.807) is 44.2 Å². The Morgan fingerprint density at radius 3 is 2.73 bits per heavy atom. The maximum absolute atomic E-state index is 13.8. The number of hydrogen-bond donors (Lipinski definition) is 4. The predicted molar refractivity (Wildman–Crippen MR) is 145 cm³/mol. The number of para-hydroxylation sites is 1. The van der Waals surface area contributed by atoms with Crippen molar-refractivity contribution in [3.8, 4) is 17.0 Å². The first-order valence-electron chi connectivity index (χ1n) is 12.1. The van der Waals surface area contributed by atoms with E-state index >= 15 is 0 Å². The van der Waals surface area contributed by atoms with Gasteiger partial charge >= 0.3 is 13.7 Å². The number of nitrogens with zero attached hydrogens (tertiary/aromatic N) is 4. The lowest BCUT2D eigenvalue weighted by Gasteiger charge is -2.27. The molecule has 4 unspecified atom stereocenters. The quantitative estimate of drug-likeness (QED) is 0.150. The summed E-state index contributed by atoms with van der Waals surface area (Å²) < 4.78 is 37.8. The molecule has 1 saturated heterocycles. The summed E-state index contributed by atoms with van der Waals surface area (Å²) in [6.07, 6.45) is -1.44. The van der Waals surface area contributed by atoms with E-state index in [4.69, 9.17) is 41.6 Å². The van der Waals surface area contributed by atoms with Gasteiger partial charge in [-0.25, -0.2) is 14.5 Å². The number of carbonyl (C=O) groups excluding carboxylic acids is 1. The number of nitrogen functional groups attached to an aromatic ring is 1. The van der Waals surface area contributed by atoms with Crippen LogP contribution in [0.3, 0.4) is 0 Å². The summed E-state index contributed by atoms with van der Waals surface area (Å²) in [5, 5.41) is 16.0. The average Bonchev–Trinajstić information content (AvgIpc) is 3.41. The topological polar surface area (TPSA) is 199 Å². The molecule has 1 aliphatic heterocycles. The summed E-state index contributed by atoms with van der Waals surface area (Å²) in [5.41, 5.74) is 11.1. The standard InChI is InChI=1S/C24H29ClN7O7P/c1-14(2)37-21(34)15(3)31-40(35,39-16-7-5-4-6-8-16)36-12-18-19(33)24(27,9-10-25)22(38-18)32-13-29-17-11-28-23(26)30-20(17)32/h4-8,11,13-15,18-19,22,33H,12,27H2,1-3H3,(H,31,35)(H2,26,28,30)/t15-,18+,19?,22?,24?,40?/m0/s1. The SMILES string of the molecule is CC(C)OC(=O)[C@H](C)NP(=O)(OC[C@H]1OC(n2cnc3cnc(N)nc32)C(N)(C#CCl)C1O)Oc1ccccc1. The van der Waals surface area contributed by atoms with E-state index < -0.39 is 56.4 Å². The molecule has 6 N–H and O–H groups in total. The van der Waals surface area contributed by atoms with Gasteiger partial charge in [0.1, 0.15) is 29.5 Å². The molecule has 14 nitrogen and oxygen atoms in total. The molecule has 0 aliphatic carbocycles. The molecule has 16 heteroatoms. The van der Waals surface area contributed by atoms with Crippen LogP contribution in [0.15, 0.2) is 42.9 Å². The fraction of sp³-hybridized carbons (Fsp3) is 0.417. The zero-order valence-corrected chi connectivity index (χ0v) is 23.5. The van der Waals surface area contributed by atoms with Crippen LogP contribution >= 0.6 is 19.3 Å². The van der Waals surface area contributed by atoms with E-state index in [0.717, 1.165) is 0 Å². The number of fused-ring (bicyclic) bond motifs is 1. The van der Waals surface area contributed by atoms with Gasteiger partial charge in [-0.1, -0.05) is 24.1 Å². The summed E-state index contributed by atoms with van der Waals surface area (Å²) in [6, 6.07) is 7.13. The number of imidazole rings is 1. The maximum atomic E-state index is 13.8. The molecule has 3 heterocycles. The van der Waals surface area contributed by atoms with Crippen LogP contribution in [0, 0.1) is 11.3 Å². The molecule has 1 aliphatic rings. The number of aliphatic hydroxyl groups is 1. The Kier molecular flexibility index (Phi) is 8.96. The van der Waals surface area contributed by atoms with E-state index in [2.05, 4.69) is 31.3 Å². The van der Waals surface area contributed by atoms with Crippen LogP contribution < -0.4 is 21.1 Å². The van der Waals surface area contributed by atoms with E-state index in [9.17, 15) is 14.5 Å². The molecule has 2 aromatic heterocycles. The first-order valence-corrected chi connectivity index (χ1v) is 14.1. The highest BCUT2D eigenvalue weighted by atomic mass is 35.5. The van der Waals surface area contributed by atoms with Gasteiger partial charge in [-0.05, 0) is 44.5 Å². The highest BCUT2D eigenvalue weighted by Gasteiger charge is 2.55. The molecule has 0 spiro atoms. The fourth-order valence-corrected chi connectivity index (χ4v) is 5.63. The number of anilines is 1. The Morgan fingerprint density at radius 1 is 1.32 bits per heavy atom. The molecule has 4 rings (SSSR count). The summed E-state index contributed by atoms with van der Waals surface area (Å²) in [5.74, 6) is 2.10. The molecule has 0 saturated carbocycles. The van der Waals surface area contributed by atoms with Crippen molar-refractivity contribution in [2.24, 2.45) is 5.73 Å². The van der Waals surface area contributed by atoms with Crippen LogP contribution in [0.2, 0.25) is 0 Å². The molecular weight excluding hydrogens is 565 g/mol. The number of nitrogens with one attached hydrogen (secondary N) is 1. The smallest absolute Gasteiger partial charge is 0.459 e. The second-order valence-electron chi connectivity index (χ2n) is 9.25. The number of esters is 1. The third-order valence-electron chi connectivity index (χ3n) is 5.84. The first kappa shape index (κ1) is 29.7. The fourth-order valence-electron chi connectivity index (χ4n) is 3.97. The van der Waals surface area contributed by atoms with Crippen LogP contribution in [0.1, 0.15) is 27.0 Å². The van der Waals surface area contributed by atoms with Gasteiger partial charge in [0.05, 0.1) is 25.2 Å². The Morgan fingerprint density at radius 2 is 2.05 bits per heavy atom. The van der Waals surface area contributed by atoms with E-state index in [-0.39, 0.29) is 17.3 Å². The number of benzene rings is 1. The number of aliphatic hydroxyl groups excluding tert-OH is 1. The van der Waals surface area contributed by atoms with Crippen LogP contribution in [0.25, 0.3) is 11.2 Å². The molecule has 40 heavy (non-hydrogen) atoms. The monoisotopic (exact) mass is 593 g/mol. The molecule has 214 valence electrons. The number of carbonyl (C=O) groups is 1. The molecule has 0 amide bonds. The second-order valence-corrected chi connectivity index (χ2v) is 11.1. The number of ether oxygens (including phenoxy) is 2. The molecule has 1 fully saturated rings. The first-order chi connectivity index (χ1) is 19.0. The third-order valence-corrected chi connectivity index (χ3v) is 7.58. The van der Waals surface area contributed by atoms with Gasteiger partial charge in [-0.15, -0.1) is 0 Å². The zero-order valence-electron chi connectivity index (χ0n) is 21.8. The molecule has 0 bridgehead atoms. The molecule has 6 atom stereocenters. The normalized spacial score (nSPS) is 24.7. The Labute approximate surface area is 234 Å². The van der Waals surface area contributed by atoms with Crippen molar-refractivity contribution in [1.82, 2.24) is 24.6 Å². The number of hydrogen-bond acceptors (Lipinski definition) is 12. The molecule has 1 aromatic carbocycles. The van der Waals surface area contributed by atoms with Crippen molar-refractivity contribution < 1.29 is 33.0 Å². The maximum Gasteiger partial charge on any atom is 0.459 e. The number of halogens is 1. The summed E-state index contributed by atoms with van der Waals surface area (Å²) in [4.78, 5) is 24.7. The van der Waals surface area contributed by atoms with Crippen molar-refractivity contribution in [3.63, 3.8) is 0 Å². The molecule has 0 radical (unpaired) electrons. The largest absolute Gasteiger partial charge is 0.462 e. The van der Waals surface area contributed by atoms with Crippen molar-refractivity contribution >= 4 is 42.4 Å². The summed E-state index contributed by atoms with van der Waals surface area (Å²) >= 11 is 5.69. The van der Waals surface area contributed by atoms with Crippen LogP contribution in [-0.4, -0.2) is 67.1 Å². The Hall–Kier alpha value is -3.28. The van der Waals surface area contributed by atoms with Gasteiger partial charge in [0.25, 0.3) is 0 Å². The minimum Gasteiger partial charge on any atom is -0.462 e. The van der Waals surface area contributed by atoms with Crippen molar-refractivity contribution in [1.29, 1.82) is 0 Å². The minimum absolute atomic E-state index is 0.0195. The van der Waals surface area contributed by atoms with Gasteiger partial charge in [0.15, 0.2) is 17.4 Å². The lowest BCUT2D eigenvalue weighted by Crippen LogP contribution is -2.53. The van der Waals surface area contributed by atoms with E-state index in [1.165, 1.54) is 24.0 Å². The van der Waals surface area contributed by atoms with Crippen molar-refractivity contribution in [2.75, 3.05) is 12.3 Å². The van der Waals surface area contributed by atoms with E-state index in [1.807, 2.05) is 0 Å². The highest BCUT2D eigenvalue weighted by Crippen LogP contribution is 2.47. The lowest BCUT2D eigenvalue weighted by atomic mass is 9.92. The Balaban J connectivity index is 1.59. The van der Waals surface area contributed by atoms with Crippen LogP contribution in [0.5, 0.6) is 5.75 Å². The van der Waals surface area contributed by atoms with Crippen LogP contribution in [-0.2, 0) is 23.4 Å². The number of aromatic nitrogens is 4. The summed E-state index contributed by atoms with van der Waals surface area (Å²) in [6.45, 7) is 4.32. The molecule has 3 aromatic rings. The second kappa shape index (κ2) is 12.1. The van der Waals surface area contributed by atoms with Gasteiger partial charge < -0.3 is 30.6 Å². The Bertz CT molecular complexity index is 1460. The summed E-state index contributed by atoms with van der Waals surface area (Å²) in [7, 11) is -4.26. The number of rotatable bonds is 10. The minimum atomic E-state index is -4.26. The van der Waals surface area contributed by atoms with Crippen molar-refractivity contribution in [3.05, 3.63) is 42.9 Å². The zero-order chi connectivity index (χ0) is 29.1.